The number of hydrogen-bond acceptors (Lipinski definition) is 2. The van der Waals surface area contributed by atoms with Crippen molar-refractivity contribution in [1.29, 1.82) is 0 Å². The lowest BCUT2D eigenvalue weighted by atomic mass is 10.0. The molecule has 0 saturated carbocycles. The molecule has 1 rings (SSSR count). The summed E-state index contributed by atoms with van der Waals surface area (Å²) in [5.41, 5.74) is -0.182. The molecule has 0 radical (unpaired) electrons. The summed E-state index contributed by atoms with van der Waals surface area (Å²) in [4.78, 5) is 4.23. The molecule has 1 aromatic heterocycles. The first-order valence-corrected chi connectivity index (χ1v) is 5.69. The highest BCUT2D eigenvalue weighted by Crippen LogP contribution is 2.25. The highest BCUT2D eigenvalue weighted by molar-refractivity contribution is 9.10. The van der Waals surface area contributed by atoms with Gasteiger partial charge in [-0.15, -0.1) is 11.6 Å². The van der Waals surface area contributed by atoms with Crippen LogP contribution >= 0.6 is 27.5 Å². The van der Waals surface area contributed by atoms with E-state index in [0.717, 1.165) is 10.3 Å². The summed E-state index contributed by atoms with van der Waals surface area (Å²) in [6.45, 7) is 6.06. The van der Waals surface area contributed by atoms with Crippen molar-refractivity contribution >= 4 is 33.3 Å². The van der Waals surface area contributed by atoms with Crippen molar-refractivity contribution in [2.75, 3.05) is 5.32 Å². The van der Waals surface area contributed by atoms with Gasteiger partial charge in [-0.2, -0.15) is 0 Å². The Labute approximate surface area is 98.2 Å². The lowest BCUT2D eigenvalue weighted by molar-refractivity contribution is 0.552. The van der Waals surface area contributed by atoms with Crippen LogP contribution < -0.4 is 5.32 Å². The maximum Gasteiger partial charge on any atom is 0.140 e. The standard InChI is InChI=1S/C10H14BrClN2/c1-7(12)10(2,3)14-9-8(11)5-4-6-13-9/h4-7H,1-3H3,(H,13,14). The number of nitrogens with zero attached hydrogens (tertiary/aromatic N) is 1. The average Bonchev–Trinajstić information content (AvgIpc) is 2.08. The number of nitrogens with one attached hydrogen (secondary N) is 1. The molecule has 1 N–H and O–H groups in total. The lowest BCUT2D eigenvalue weighted by Gasteiger charge is -2.29. The van der Waals surface area contributed by atoms with E-state index in [4.69, 9.17) is 11.6 Å². The quantitative estimate of drug-likeness (QED) is 0.853. The fourth-order valence-corrected chi connectivity index (χ4v) is 1.29. The van der Waals surface area contributed by atoms with Crippen LogP contribution in [0.5, 0.6) is 0 Å². The van der Waals surface area contributed by atoms with E-state index < -0.39 is 0 Å². The van der Waals surface area contributed by atoms with Crippen LogP contribution in [0.3, 0.4) is 0 Å². The lowest BCUT2D eigenvalue weighted by Crippen LogP contribution is -2.39. The number of aromatic nitrogens is 1. The Hall–Kier alpha value is -0.280. The zero-order valence-corrected chi connectivity index (χ0v) is 10.9. The third-order valence-electron chi connectivity index (χ3n) is 2.19. The van der Waals surface area contributed by atoms with E-state index in [-0.39, 0.29) is 10.9 Å². The van der Waals surface area contributed by atoms with Crippen LogP contribution in [-0.4, -0.2) is 15.9 Å². The largest absolute Gasteiger partial charge is 0.363 e. The van der Waals surface area contributed by atoms with Crippen molar-refractivity contribution < 1.29 is 0 Å². The Kier molecular flexibility index (Phi) is 3.78. The molecule has 2 nitrogen and oxygen atoms in total. The van der Waals surface area contributed by atoms with Crippen LogP contribution in [-0.2, 0) is 0 Å². The summed E-state index contributed by atoms with van der Waals surface area (Å²) in [5, 5.41) is 3.32. The van der Waals surface area contributed by atoms with Gasteiger partial charge < -0.3 is 5.32 Å². The molecule has 14 heavy (non-hydrogen) atoms. The molecule has 0 saturated heterocycles. The van der Waals surface area contributed by atoms with Gasteiger partial charge in [0, 0.05) is 11.7 Å². The van der Waals surface area contributed by atoms with Gasteiger partial charge in [-0.05, 0) is 48.8 Å². The number of rotatable bonds is 3. The van der Waals surface area contributed by atoms with Crippen molar-refractivity contribution in [2.24, 2.45) is 0 Å². The number of hydrogen-bond donors (Lipinski definition) is 1. The Morgan fingerprint density at radius 1 is 1.57 bits per heavy atom. The summed E-state index contributed by atoms with van der Waals surface area (Å²) in [6, 6.07) is 3.83. The second-order valence-electron chi connectivity index (χ2n) is 3.80. The van der Waals surface area contributed by atoms with Gasteiger partial charge in [-0.25, -0.2) is 4.98 Å². The predicted octanol–water partition coefficient (Wildman–Crippen LogP) is 3.66. The minimum Gasteiger partial charge on any atom is -0.363 e. The SMILES string of the molecule is CC(Cl)C(C)(C)Nc1ncccc1Br. The smallest absolute Gasteiger partial charge is 0.140 e. The molecule has 0 fully saturated rings. The first-order valence-electron chi connectivity index (χ1n) is 4.46. The number of alkyl halides is 1. The van der Waals surface area contributed by atoms with Gasteiger partial charge in [0.2, 0.25) is 0 Å². The minimum atomic E-state index is -0.182. The summed E-state index contributed by atoms with van der Waals surface area (Å²) in [5.74, 6) is 0.824. The molecule has 0 aromatic carbocycles. The van der Waals surface area contributed by atoms with E-state index in [9.17, 15) is 0 Å². The monoisotopic (exact) mass is 276 g/mol. The van der Waals surface area contributed by atoms with Crippen LogP contribution in [0.4, 0.5) is 5.82 Å². The molecule has 1 unspecified atom stereocenters. The molecule has 1 aromatic rings. The van der Waals surface area contributed by atoms with Gasteiger partial charge in [0.1, 0.15) is 5.82 Å². The summed E-state index contributed by atoms with van der Waals surface area (Å²) in [7, 11) is 0. The second-order valence-corrected chi connectivity index (χ2v) is 5.31. The maximum atomic E-state index is 6.07. The molecule has 0 bridgehead atoms. The van der Waals surface area contributed by atoms with Crippen molar-refractivity contribution in [3.63, 3.8) is 0 Å². The van der Waals surface area contributed by atoms with Gasteiger partial charge >= 0.3 is 0 Å². The van der Waals surface area contributed by atoms with E-state index in [1.165, 1.54) is 0 Å². The van der Waals surface area contributed by atoms with E-state index in [0.29, 0.717) is 0 Å². The van der Waals surface area contributed by atoms with E-state index in [1.54, 1.807) is 6.20 Å². The third-order valence-corrected chi connectivity index (χ3v) is 3.38. The Morgan fingerprint density at radius 2 is 2.21 bits per heavy atom. The second kappa shape index (κ2) is 4.49. The molecule has 1 heterocycles. The zero-order chi connectivity index (χ0) is 10.8. The van der Waals surface area contributed by atoms with Gasteiger partial charge in [-0.3, -0.25) is 0 Å². The summed E-state index contributed by atoms with van der Waals surface area (Å²) < 4.78 is 0.949. The molecule has 0 spiro atoms. The predicted molar refractivity (Wildman–Crippen MR) is 65.0 cm³/mol. The molecule has 78 valence electrons. The minimum absolute atomic E-state index is 0.0245. The zero-order valence-electron chi connectivity index (χ0n) is 8.51. The molecule has 0 aliphatic rings. The molecule has 4 heteroatoms. The van der Waals surface area contributed by atoms with Crippen molar-refractivity contribution in [3.05, 3.63) is 22.8 Å². The molecular weight excluding hydrogens is 263 g/mol. The van der Waals surface area contributed by atoms with Gasteiger partial charge in [0.05, 0.1) is 9.85 Å². The highest BCUT2D eigenvalue weighted by Gasteiger charge is 2.24. The van der Waals surface area contributed by atoms with E-state index >= 15 is 0 Å². The van der Waals surface area contributed by atoms with Crippen LogP contribution in [0.25, 0.3) is 0 Å². The number of anilines is 1. The molecule has 0 aliphatic heterocycles. The summed E-state index contributed by atoms with van der Waals surface area (Å²) >= 11 is 9.50. The first kappa shape index (κ1) is 11.8. The Bertz CT molecular complexity index is 313. The fraction of sp³-hybridized carbons (Fsp3) is 0.500. The van der Waals surface area contributed by atoms with Crippen molar-refractivity contribution in [3.8, 4) is 0 Å². The van der Waals surface area contributed by atoms with Crippen LogP contribution in [0.1, 0.15) is 20.8 Å². The molecule has 0 amide bonds. The van der Waals surface area contributed by atoms with Gasteiger partial charge in [0.25, 0.3) is 0 Å². The Morgan fingerprint density at radius 3 is 2.71 bits per heavy atom. The number of pyridine rings is 1. The van der Waals surface area contributed by atoms with Gasteiger partial charge in [0.15, 0.2) is 0 Å². The maximum absolute atomic E-state index is 6.07. The van der Waals surface area contributed by atoms with Crippen LogP contribution in [0.2, 0.25) is 0 Å². The summed E-state index contributed by atoms with van der Waals surface area (Å²) in [6.07, 6.45) is 1.75. The van der Waals surface area contributed by atoms with E-state index in [1.807, 2.05) is 32.9 Å². The molecule has 0 aliphatic carbocycles. The normalized spacial score (nSPS) is 13.8. The average molecular weight is 278 g/mol. The van der Waals surface area contributed by atoms with Crippen LogP contribution in [0, 0.1) is 0 Å². The van der Waals surface area contributed by atoms with E-state index in [2.05, 4.69) is 26.2 Å². The van der Waals surface area contributed by atoms with Crippen molar-refractivity contribution in [1.82, 2.24) is 4.98 Å². The topological polar surface area (TPSA) is 24.9 Å². The number of halogens is 2. The molecule has 1 atom stereocenters. The molecular formula is C10H14BrClN2. The van der Waals surface area contributed by atoms with Gasteiger partial charge in [-0.1, -0.05) is 0 Å². The van der Waals surface area contributed by atoms with Crippen molar-refractivity contribution in [2.45, 2.75) is 31.7 Å². The Balaban J connectivity index is 2.84. The fourth-order valence-electron chi connectivity index (χ4n) is 0.882. The van der Waals surface area contributed by atoms with Crippen LogP contribution in [0.15, 0.2) is 22.8 Å². The third kappa shape index (κ3) is 2.85. The first-order chi connectivity index (χ1) is 6.43. The highest BCUT2D eigenvalue weighted by atomic mass is 79.9.